The van der Waals surface area contributed by atoms with E-state index in [-0.39, 0.29) is 0 Å². The molecule has 112 valence electrons. The zero-order valence-corrected chi connectivity index (χ0v) is 13.2. The summed E-state index contributed by atoms with van der Waals surface area (Å²) >= 11 is 0. The molecule has 2 nitrogen and oxygen atoms in total. The Morgan fingerprint density at radius 3 is 2.65 bits per heavy atom. The highest BCUT2D eigenvalue weighted by atomic mass is 16.5. The minimum absolute atomic E-state index is 0.414. The van der Waals surface area contributed by atoms with Crippen molar-refractivity contribution in [3.63, 3.8) is 0 Å². The lowest BCUT2D eigenvalue weighted by atomic mass is 9.97. The fourth-order valence-corrected chi connectivity index (χ4v) is 2.92. The number of benzene rings is 1. The summed E-state index contributed by atoms with van der Waals surface area (Å²) in [7, 11) is 0. The minimum atomic E-state index is 0.414. The van der Waals surface area contributed by atoms with Crippen molar-refractivity contribution >= 4 is 0 Å². The average molecular weight is 275 g/mol. The van der Waals surface area contributed by atoms with E-state index in [0.717, 1.165) is 12.3 Å². The van der Waals surface area contributed by atoms with Gasteiger partial charge in [0.1, 0.15) is 5.75 Å². The maximum Gasteiger partial charge on any atom is 0.122 e. The third kappa shape index (κ3) is 4.24. The molecule has 0 heterocycles. The van der Waals surface area contributed by atoms with E-state index in [1.807, 2.05) is 0 Å². The Morgan fingerprint density at radius 2 is 2.00 bits per heavy atom. The van der Waals surface area contributed by atoms with Crippen LogP contribution in [0.1, 0.15) is 69.5 Å². The fraction of sp³-hybridized carbons (Fsp3) is 0.667. The van der Waals surface area contributed by atoms with Gasteiger partial charge in [0, 0.05) is 6.04 Å². The molecule has 2 rings (SSSR count). The number of hydrogen-bond donors (Lipinski definition) is 1. The molecule has 0 saturated heterocycles. The maximum atomic E-state index is 6.18. The largest absolute Gasteiger partial charge is 0.490 e. The van der Waals surface area contributed by atoms with Gasteiger partial charge in [0.15, 0.2) is 0 Å². The van der Waals surface area contributed by atoms with Crippen molar-refractivity contribution < 1.29 is 4.74 Å². The van der Waals surface area contributed by atoms with Crippen molar-refractivity contribution in [2.45, 2.75) is 71.4 Å². The molecule has 1 atom stereocenters. The summed E-state index contributed by atoms with van der Waals surface area (Å²) in [6.07, 6.45) is 8.05. The van der Waals surface area contributed by atoms with E-state index in [9.17, 15) is 0 Å². The van der Waals surface area contributed by atoms with Gasteiger partial charge in [-0.05, 0) is 69.7 Å². The molecule has 0 radical (unpaired) electrons. The molecule has 0 bridgehead atoms. The highest BCUT2D eigenvalue weighted by Crippen LogP contribution is 2.27. The first-order valence-corrected chi connectivity index (χ1v) is 8.21. The van der Waals surface area contributed by atoms with Gasteiger partial charge in [-0.25, -0.2) is 0 Å². The lowest BCUT2D eigenvalue weighted by Gasteiger charge is -2.24. The van der Waals surface area contributed by atoms with E-state index in [1.54, 1.807) is 0 Å². The lowest BCUT2D eigenvalue weighted by molar-refractivity contribution is 0.154. The monoisotopic (exact) mass is 275 g/mol. The van der Waals surface area contributed by atoms with Gasteiger partial charge in [-0.2, -0.15) is 0 Å². The Kier molecular flexibility index (Phi) is 5.90. The quantitative estimate of drug-likeness (QED) is 0.807. The second-order valence-corrected chi connectivity index (χ2v) is 6.08. The van der Waals surface area contributed by atoms with Crippen LogP contribution in [-0.2, 0) is 0 Å². The second-order valence-electron chi connectivity index (χ2n) is 6.08. The molecular weight excluding hydrogens is 246 g/mol. The van der Waals surface area contributed by atoms with Gasteiger partial charge in [0.25, 0.3) is 0 Å². The van der Waals surface area contributed by atoms with E-state index in [1.165, 1.54) is 49.7 Å². The van der Waals surface area contributed by atoms with Crippen LogP contribution >= 0.6 is 0 Å². The van der Waals surface area contributed by atoms with Crippen molar-refractivity contribution in [1.29, 1.82) is 0 Å². The Morgan fingerprint density at radius 1 is 1.25 bits per heavy atom. The normalized spacial score (nSPS) is 17.9. The van der Waals surface area contributed by atoms with E-state index >= 15 is 0 Å². The van der Waals surface area contributed by atoms with Crippen LogP contribution in [0.4, 0.5) is 0 Å². The summed E-state index contributed by atoms with van der Waals surface area (Å²) < 4.78 is 6.18. The predicted octanol–water partition coefficient (Wildman–Crippen LogP) is 4.77. The maximum absolute atomic E-state index is 6.18. The second kappa shape index (κ2) is 7.68. The molecule has 0 amide bonds. The van der Waals surface area contributed by atoms with E-state index in [4.69, 9.17) is 4.74 Å². The Balaban J connectivity index is 1.97. The zero-order valence-electron chi connectivity index (χ0n) is 13.2. The van der Waals surface area contributed by atoms with Crippen LogP contribution in [0, 0.1) is 6.92 Å². The third-order valence-electron chi connectivity index (χ3n) is 4.25. The summed E-state index contributed by atoms with van der Waals surface area (Å²) in [5.74, 6) is 1.07. The molecule has 1 N–H and O–H groups in total. The Labute approximate surface area is 123 Å². The van der Waals surface area contributed by atoms with Gasteiger partial charge < -0.3 is 10.1 Å². The summed E-state index contributed by atoms with van der Waals surface area (Å²) in [6, 6.07) is 7.05. The molecule has 1 aliphatic carbocycles. The first-order valence-electron chi connectivity index (χ1n) is 8.21. The zero-order chi connectivity index (χ0) is 14.4. The van der Waals surface area contributed by atoms with Gasteiger partial charge in [-0.1, -0.05) is 25.5 Å². The molecule has 0 aromatic heterocycles. The molecular formula is C18H29NO. The van der Waals surface area contributed by atoms with Crippen molar-refractivity contribution in [1.82, 2.24) is 5.32 Å². The van der Waals surface area contributed by atoms with Gasteiger partial charge >= 0.3 is 0 Å². The van der Waals surface area contributed by atoms with Crippen LogP contribution in [0.25, 0.3) is 0 Å². The lowest BCUT2D eigenvalue weighted by Crippen LogP contribution is -2.21. The Hall–Kier alpha value is -1.02. The molecule has 1 aromatic rings. The fourth-order valence-electron chi connectivity index (χ4n) is 2.92. The minimum Gasteiger partial charge on any atom is -0.490 e. The standard InChI is InChI=1S/C18H29NO/c1-4-12-19-15(3)16-10-11-18(14(2)13-16)20-17-8-6-5-7-9-17/h10-11,13,15,17,19H,4-9,12H2,1-3H3. The Bertz CT molecular complexity index is 410. The van der Waals surface area contributed by atoms with E-state index in [2.05, 4.69) is 44.3 Å². The van der Waals surface area contributed by atoms with Crippen molar-refractivity contribution in [3.8, 4) is 5.75 Å². The molecule has 1 saturated carbocycles. The van der Waals surface area contributed by atoms with Crippen molar-refractivity contribution in [2.75, 3.05) is 6.54 Å². The van der Waals surface area contributed by atoms with E-state index < -0.39 is 0 Å². The van der Waals surface area contributed by atoms with Crippen LogP contribution in [0.5, 0.6) is 5.75 Å². The SMILES string of the molecule is CCCNC(C)c1ccc(OC2CCCCC2)c(C)c1. The third-order valence-corrected chi connectivity index (χ3v) is 4.25. The molecule has 0 aliphatic heterocycles. The molecule has 1 unspecified atom stereocenters. The first-order chi connectivity index (χ1) is 9.70. The van der Waals surface area contributed by atoms with Crippen molar-refractivity contribution in [2.24, 2.45) is 0 Å². The number of ether oxygens (including phenoxy) is 1. The molecule has 1 fully saturated rings. The van der Waals surface area contributed by atoms with E-state index in [0.29, 0.717) is 12.1 Å². The van der Waals surface area contributed by atoms with Crippen LogP contribution in [0.15, 0.2) is 18.2 Å². The highest BCUT2D eigenvalue weighted by molar-refractivity contribution is 5.37. The molecule has 1 aromatic carbocycles. The number of rotatable bonds is 6. The predicted molar refractivity (Wildman–Crippen MR) is 85.4 cm³/mol. The van der Waals surface area contributed by atoms with Crippen LogP contribution in [0.3, 0.4) is 0 Å². The summed E-state index contributed by atoms with van der Waals surface area (Å²) in [6.45, 7) is 7.66. The molecule has 20 heavy (non-hydrogen) atoms. The smallest absolute Gasteiger partial charge is 0.122 e. The highest BCUT2D eigenvalue weighted by Gasteiger charge is 2.16. The number of aryl methyl sites for hydroxylation is 1. The molecule has 1 aliphatic rings. The van der Waals surface area contributed by atoms with Crippen LogP contribution < -0.4 is 10.1 Å². The van der Waals surface area contributed by atoms with Gasteiger partial charge in [-0.3, -0.25) is 0 Å². The number of hydrogen-bond acceptors (Lipinski definition) is 2. The first kappa shape index (κ1) is 15.4. The van der Waals surface area contributed by atoms with Crippen molar-refractivity contribution in [3.05, 3.63) is 29.3 Å². The number of nitrogens with one attached hydrogen (secondary N) is 1. The summed E-state index contributed by atoms with van der Waals surface area (Å²) in [5.41, 5.74) is 2.62. The average Bonchev–Trinajstić information content (AvgIpc) is 2.48. The van der Waals surface area contributed by atoms with Crippen LogP contribution in [0.2, 0.25) is 0 Å². The summed E-state index contributed by atoms with van der Waals surface area (Å²) in [4.78, 5) is 0. The molecule has 0 spiro atoms. The molecule has 2 heteroatoms. The summed E-state index contributed by atoms with van der Waals surface area (Å²) in [5, 5.41) is 3.54. The van der Waals surface area contributed by atoms with Gasteiger partial charge in [0.2, 0.25) is 0 Å². The topological polar surface area (TPSA) is 21.3 Å². The van der Waals surface area contributed by atoms with Gasteiger partial charge in [0.05, 0.1) is 6.10 Å². The van der Waals surface area contributed by atoms with Crippen LogP contribution in [-0.4, -0.2) is 12.6 Å². The van der Waals surface area contributed by atoms with Gasteiger partial charge in [-0.15, -0.1) is 0 Å².